The van der Waals surface area contributed by atoms with Crippen LogP contribution in [-0.4, -0.2) is 187 Å². The maximum absolute atomic E-state index is 12.7. The summed E-state index contributed by atoms with van der Waals surface area (Å²) in [6.07, 6.45) is -29.5. The monoisotopic (exact) mass is 756 g/mol. The Kier molecular flexibility index (Phi) is 13.9. The molecular formula is C30H48N2O20. The summed E-state index contributed by atoms with van der Waals surface area (Å²) in [6.45, 7) is 7.29. The fourth-order valence-electron chi connectivity index (χ4n) is 6.50. The van der Waals surface area contributed by atoms with E-state index in [9.17, 15) is 60.0 Å². The molecule has 4 heterocycles. The lowest BCUT2D eigenvalue weighted by Gasteiger charge is -2.50. The second-order valence-corrected chi connectivity index (χ2v) is 13.2. The third-order valence-electron chi connectivity index (χ3n) is 9.13. The highest BCUT2D eigenvalue weighted by Crippen LogP contribution is 2.35. The number of esters is 1. The molecule has 4 rings (SSSR count). The number of ether oxygens (including phenoxy) is 8. The number of rotatable bonds is 10. The van der Waals surface area contributed by atoms with E-state index in [0.717, 1.165) is 20.8 Å². The quantitative estimate of drug-likeness (QED) is 0.0929. The topological polar surface area (TPSA) is 328 Å². The Morgan fingerprint density at radius 1 is 0.519 bits per heavy atom. The summed E-state index contributed by atoms with van der Waals surface area (Å²) in [7, 11) is 0. The summed E-state index contributed by atoms with van der Waals surface area (Å²) in [5, 5.41) is 89.2. The highest BCUT2D eigenvalue weighted by atomic mass is 16.8. The number of amides is 2. The number of aliphatic carboxylic acids is 1. The molecule has 4 aliphatic rings. The molecule has 0 spiro atoms. The van der Waals surface area contributed by atoms with Crippen molar-refractivity contribution in [2.75, 3.05) is 0 Å². The van der Waals surface area contributed by atoms with Crippen LogP contribution in [0.3, 0.4) is 0 Å². The molecule has 20 atom stereocenters. The normalized spacial score (nSPS) is 46.9. The molecular weight excluding hydrogens is 708 g/mol. The molecule has 4 aliphatic heterocycles. The Morgan fingerprint density at radius 3 is 1.58 bits per heavy atom. The second-order valence-electron chi connectivity index (χ2n) is 13.2. The van der Waals surface area contributed by atoms with Crippen molar-refractivity contribution in [1.82, 2.24) is 10.6 Å². The number of carboxylic acid groups (broad SMARTS) is 1. The van der Waals surface area contributed by atoms with Gasteiger partial charge in [0.15, 0.2) is 37.4 Å². The Bertz CT molecular complexity index is 1280. The van der Waals surface area contributed by atoms with Gasteiger partial charge in [0.25, 0.3) is 0 Å². The average molecular weight is 757 g/mol. The van der Waals surface area contributed by atoms with Gasteiger partial charge in [-0.1, -0.05) is 0 Å². The number of carbonyl (C=O) groups excluding carboxylic acids is 3. The van der Waals surface area contributed by atoms with Crippen LogP contribution in [0.2, 0.25) is 0 Å². The number of aliphatic hydroxyl groups excluding tert-OH is 7. The van der Waals surface area contributed by atoms with Crippen LogP contribution < -0.4 is 10.6 Å². The van der Waals surface area contributed by atoms with Crippen molar-refractivity contribution in [3.8, 4) is 0 Å². The fraction of sp³-hybridized carbons (Fsp3) is 0.867. The van der Waals surface area contributed by atoms with E-state index < -0.39 is 146 Å². The first-order chi connectivity index (χ1) is 24.2. The first-order valence-corrected chi connectivity index (χ1v) is 16.5. The number of aliphatic hydroxyl groups is 7. The van der Waals surface area contributed by atoms with E-state index in [0.29, 0.717) is 0 Å². The SMILES string of the molecule is CC(=O)N[C@@H]1[C@@H](O[C@H]2O[C@H](C(=O)O)[C@H](O[C@@H]3O[C@@H](C)[C@H](O[C@@H]4O[C@@H](C)[C@H](O)[C@@H](O)[C@H]4O)[C@@H](O)[C@H]3O)[C@H](OC(C)=O)[C@H]2NC(C)=O)[C@H](O)[C@@H](C)O[C@H]1O. The Hall–Kier alpha value is -2.68. The minimum absolute atomic E-state index is 0.663. The minimum atomic E-state index is -2.13. The number of hydrogen-bond donors (Lipinski definition) is 10. The third kappa shape index (κ3) is 9.15. The summed E-state index contributed by atoms with van der Waals surface area (Å²) in [4.78, 5) is 49.4. The summed E-state index contributed by atoms with van der Waals surface area (Å²) in [5.41, 5.74) is 0. The van der Waals surface area contributed by atoms with Gasteiger partial charge in [-0.3, -0.25) is 14.4 Å². The zero-order chi connectivity index (χ0) is 38.9. The summed E-state index contributed by atoms with van der Waals surface area (Å²) >= 11 is 0. The number of hydrogen-bond acceptors (Lipinski definition) is 19. The Balaban J connectivity index is 1.62. The van der Waals surface area contributed by atoms with Crippen LogP contribution in [0.1, 0.15) is 41.5 Å². The van der Waals surface area contributed by atoms with E-state index in [1.165, 1.54) is 20.8 Å². The average Bonchev–Trinajstić information content (AvgIpc) is 3.04. The van der Waals surface area contributed by atoms with Crippen LogP contribution >= 0.6 is 0 Å². The van der Waals surface area contributed by atoms with E-state index in [4.69, 9.17) is 37.9 Å². The Labute approximate surface area is 296 Å². The molecule has 0 aromatic carbocycles. The van der Waals surface area contributed by atoms with E-state index >= 15 is 0 Å². The van der Waals surface area contributed by atoms with E-state index in [1.807, 2.05) is 0 Å². The molecule has 0 saturated carbocycles. The van der Waals surface area contributed by atoms with Gasteiger partial charge in [-0.2, -0.15) is 0 Å². The molecule has 2 amide bonds. The zero-order valence-electron chi connectivity index (χ0n) is 29.0. The fourth-order valence-corrected chi connectivity index (χ4v) is 6.50. The lowest BCUT2D eigenvalue weighted by molar-refractivity contribution is -0.370. The largest absolute Gasteiger partial charge is 0.479 e. The van der Waals surface area contributed by atoms with Crippen molar-refractivity contribution in [1.29, 1.82) is 0 Å². The minimum Gasteiger partial charge on any atom is -0.479 e. The lowest BCUT2D eigenvalue weighted by atomic mass is 9.93. The van der Waals surface area contributed by atoms with E-state index in [1.54, 1.807) is 0 Å². The lowest BCUT2D eigenvalue weighted by Crippen LogP contribution is -2.71. The van der Waals surface area contributed by atoms with Gasteiger partial charge in [0.2, 0.25) is 11.8 Å². The van der Waals surface area contributed by atoms with Crippen LogP contribution in [0.4, 0.5) is 0 Å². The van der Waals surface area contributed by atoms with Gasteiger partial charge in [0, 0.05) is 20.8 Å². The van der Waals surface area contributed by atoms with Gasteiger partial charge in [0.05, 0.1) is 18.3 Å². The molecule has 298 valence electrons. The molecule has 0 aliphatic carbocycles. The molecule has 10 N–H and O–H groups in total. The van der Waals surface area contributed by atoms with Crippen LogP contribution in [0.15, 0.2) is 0 Å². The summed E-state index contributed by atoms with van der Waals surface area (Å²) in [6, 6.07) is -3.05. The van der Waals surface area contributed by atoms with Gasteiger partial charge in [-0.05, 0) is 20.8 Å². The van der Waals surface area contributed by atoms with Gasteiger partial charge >= 0.3 is 11.9 Å². The standard InChI is InChI=1S/C30H48N2O20/c1-7-15(36)17(38)19(40)29(46-7)49-21-9(3)47-30(20(41)18(21)39)51-24-23(48-12(6)35)14(32-11(5)34)28(52-25(24)26(42)43)50-22-13(31-10(4)33)27(44)45-8(2)16(22)37/h7-9,13-25,27-30,36-41,44H,1-6H3,(H,31,33)(H,32,34)(H,42,43)/t7-,8+,9-,13+,14+,15-,16+,17+,18-,19+,20+,21-,22+,23+,24+,25-,27+,28-,29-,30-/m0/s1. The molecule has 0 radical (unpaired) electrons. The van der Waals surface area contributed by atoms with Crippen molar-refractivity contribution < 1.29 is 97.9 Å². The maximum Gasteiger partial charge on any atom is 0.335 e. The molecule has 4 saturated heterocycles. The molecule has 4 fully saturated rings. The van der Waals surface area contributed by atoms with Crippen molar-refractivity contribution in [2.45, 2.75) is 164 Å². The van der Waals surface area contributed by atoms with Gasteiger partial charge in [-0.15, -0.1) is 0 Å². The van der Waals surface area contributed by atoms with Gasteiger partial charge in [-0.25, -0.2) is 4.79 Å². The van der Waals surface area contributed by atoms with Gasteiger partial charge < -0.3 is 89.4 Å². The van der Waals surface area contributed by atoms with E-state index in [2.05, 4.69) is 10.6 Å². The molecule has 22 heteroatoms. The molecule has 0 unspecified atom stereocenters. The van der Waals surface area contributed by atoms with Crippen LogP contribution in [0.25, 0.3) is 0 Å². The smallest absolute Gasteiger partial charge is 0.335 e. The zero-order valence-corrected chi connectivity index (χ0v) is 29.0. The van der Waals surface area contributed by atoms with Crippen molar-refractivity contribution in [2.24, 2.45) is 0 Å². The van der Waals surface area contributed by atoms with Gasteiger partial charge in [0.1, 0.15) is 67.0 Å². The first-order valence-electron chi connectivity index (χ1n) is 16.5. The van der Waals surface area contributed by atoms with Crippen molar-refractivity contribution in [3.05, 3.63) is 0 Å². The first kappa shape index (κ1) is 42.1. The van der Waals surface area contributed by atoms with Crippen LogP contribution in [-0.2, 0) is 57.1 Å². The van der Waals surface area contributed by atoms with E-state index in [-0.39, 0.29) is 0 Å². The highest BCUT2D eigenvalue weighted by Gasteiger charge is 2.57. The number of carboxylic acids is 1. The van der Waals surface area contributed by atoms with Crippen molar-refractivity contribution >= 4 is 23.8 Å². The maximum atomic E-state index is 12.7. The molecule has 52 heavy (non-hydrogen) atoms. The molecule has 0 aromatic heterocycles. The summed E-state index contributed by atoms with van der Waals surface area (Å²) < 4.78 is 45.1. The van der Waals surface area contributed by atoms with Crippen molar-refractivity contribution in [3.63, 3.8) is 0 Å². The molecule has 22 nitrogen and oxygen atoms in total. The third-order valence-corrected chi connectivity index (χ3v) is 9.13. The molecule has 0 bridgehead atoms. The number of carbonyl (C=O) groups is 4. The predicted molar refractivity (Wildman–Crippen MR) is 163 cm³/mol. The molecule has 0 aromatic rings. The highest BCUT2D eigenvalue weighted by molar-refractivity contribution is 5.75. The van der Waals surface area contributed by atoms with Crippen LogP contribution in [0.5, 0.6) is 0 Å². The number of nitrogens with one attached hydrogen (secondary N) is 2. The van der Waals surface area contributed by atoms with Crippen LogP contribution in [0, 0.1) is 0 Å². The predicted octanol–water partition coefficient (Wildman–Crippen LogP) is -5.72. The Morgan fingerprint density at radius 2 is 1.02 bits per heavy atom. The summed E-state index contributed by atoms with van der Waals surface area (Å²) in [5.74, 6) is -4.15. The second kappa shape index (κ2) is 17.2.